The summed E-state index contributed by atoms with van der Waals surface area (Å²) < 4.78 is 0. The van der Waals surface area contributed by atoms with E-state index in [1.54, 1.807) is 0 Å². The van der Waals surface area contributed by atoms with Gasteiger partial charge in [0.1, 0.15) is 5.82 Å². The fourth-order valence-corrected chi connectivity index (χ4v) is 2.60. The predicted molar refractivity (Wildman–Crippen MR) is 71.1 cm³/mol. The molecule has 1 aliphatic rings. The molecule has 2 aromatic rings. The Balaban J connectivity index is 1.82. The SMILES string of the molecule is NCc1cnc(C2CCc3ccccc3C2)nc1. The average Bonchev–Trinajstić information content (AvgIpc) is 2.47. The first-order valence-corrected chi connectivity index (χ1v) is 6.44. The van der Waals surface area contributed by atoms with Crippen LogP contribution in [0.2, 0.25) is 0 Å². The first-order chi connectivity index (χ1) is 8.86. The molecule has 0 radical (unpaired) electrons. The highest BCUT2D eigenvalue weighted by Gasteiger charge is 2.21. The zero-order valence-electron chi connectivity index (χ0n) is 10.3. The second-order valence-electron chi connectivity index (χ2n) is 4.86. The van der Waals surface area contributed by atoms with E-state index in [4.69, 9.17) is 5.73 Å². The summed E-state index contributed by atoms with van der Waals surface area (Å²) in [5, 5.41) is 0. The highest BCUT2D eigenvalue weighted by molar-refractivity contribution is 5.31. The Bertz CT molecular complexity index is 534. The van der Waals surface area contributed by atoms with Gasteiger partial charge in [0.2, 0.25) is 0 Å². The van der Waals surface area contributed by atoms with Crippen molar-refractivity contribution in [2.45, 2.75) is 31.7 Å². The molecule has 3 rings (SSSR count). The van der Waals surface area contributed by atoms with Crippen molar-refractivity contribution in [2.75, 3.05) is 0 Å². The first-order valence-electron chi connectivity index (χ1n) is 6.44. The molecule has 1 aromatic heterocycles. The van der Waals surface area contributed by atoms with E-state index in [0.717, 1.165) is 30.7 Å². The lowest BCUT2D eigenvalue weighted by Crippen LogP contribution is -2.15. The van der Waals surface area contributed by atoms with Crippen LogP contribution >= 0.6 is 0 Å². The topological polar surface area (TPSA) is 51.8 Å². The quantitative estimate of drug-likeness (QED) is 0.874. The van der Waals surface area contributed by atoms with E-state index in [1.165, 1.54) is 11.1 Å². The Morgan fingerprint density at radius 1 is 1.11 bits per heavy atom. The summed E-state index contributed by atoms with van der Waals surface area (Å²) in [6.45, 7) is 0.508. The van der Waals surface area contributed by atoms with Crippen LogP contribution in [0.1, 0.15) is 34.9 Å². The van der Waals surface area contributed by atoms with Gasteiger partial charge >= 0.3 is 0 Å². The van der Waals surface area contributed by atoms with Crippen molar-refractivity contribution in [1.29, 1.82) is 0 Å². The Kier molecular flexibility index (Phi) is 3.07. The molecule has 2 N–H and O–H groups in total. The Hall–Kier alpha value is -1.74. The van der Waals surface area contributed by atoms with Gasteiger partial charge in [-0.3, -0.25) is 0 Å². The Morgan fingerprint density at radius 2 is 1.83 bits per heavy atom. The number of fused-ring (bicyclic) bond motifs is 1. The number of nitrogens with zero attached hydrogens (tertiary/aromatic N) is 2. The van der Waals surface area contributed by atoms with Gasteiger partial charge in [-0.1, -0.05) is 24.3 Å². The van der Waals surface area contributed by atoms with Crippen molar-refractivity contribution < 1.29 is 0 Å². The van der Waals surface area contributed by atoms with E-state index in [2.05, 4.69) is 34.2 Å². The van der Waals surface area contributed by atoms with Crippen LogP contribution in [-0.4, -0.2) is 9.97 Å². The number of benzene rings is 1. The molecule has 1 aromatic carbocycles. The van der Waals surface area contributed by atoms with Crippen molar-refractivity contribution in [2.24, 2.45) is 5.73 Å². The molecular formula is C15H17N3. The molecule has 0 amide bonds. The summed E-state index contributed by atoms with van der Waals surface area (Å²) in [6.07, 6.45) is 7.02. The third-order valence-electron chi connectivity index (χ3n) is 3.67. The zero-order valence-corrected chi connectivity index (χ0v) is 10.3. The van der Waals surface area contributed by atoms with Gasteiger partial charge in [0.15, 0.2) is 0 Å². The van der Waals surface area contributed by atoms with Crippen LogP contribution in [0.15, 0.2) is 36.7 Å². The maximum atomic E-state index is 5.56. The third kappa shape index (κ3) is 2.14. The van der Waals surface area contributed by atoms with Crippen LogP contribution in [0.5, 0.6) is 0 Å². The minimum absolute atomic E-state index is 0.451. The normalized spacial score (nSPS) is 18.4. The first kappa shape index (κ1) is 11.4. The summed E-state index contributed by atoms with van der Waals surface area (Å²) in [5.74, 6) is 1.41. The maximum Gasteiger partial charge on any atom is 0.131 e. The monoisotopic (exact) mass is 239 g/mol. The van der Waals surface area contributed by atoms with Crippen LogP contribution in [-0.2, 0) is 19.4 Å². The van der Waals surface area contributed by atoms with Crippen LogP contribution in [0, 0.1) is 0 Å². The van der Waals surface area contributed by atoms with E-state index in [-0.39, 0.29) is 0 Å². The van der Waals surface area contributed by atoms with E-state index >= 15 is 0 Å². The fraction of sp³-hybridized carbons (Fsp3) is 0.333. The number of nitrogens with two attached hydrogens (primary N) is 1. The molecule has 18 heavy (non-hydrogen) atoms. The fourth-order valence-electron chi connectivity index (χ4n) is 2.60. The van der Waals surface area contributed by atoms with Crippen molar-refractivity contribution in [3.63, 3.8) is 0 Å². The van der Waals surface area contributed by atoms with Gasteiger partial charge in [-0.15, -0.1) is 0 Å². The largest absolute Gasteiger partial charge is 0.326 e. The molecule has 1 heterocycles. The highest BCUT2D eigenvalue weighted by Crippen LogP contribution is 2.30. The summed E-state index contributed by atoms with van der Waals surface area (Å²) >= 11 is 0. The Labute approximate surface area is 107 Å². The molecule has 1 aliphatic carbocycles. The molecule has 0 bridgehead atoms. The Morgan fingerprint density at radius 3 is 2.56 bits per heavy atom. The van der Waals surface area contributed by atoms with Crippen LogP contribution < -0.4 is 5.73 Å². The lowest BCUT2D eigenvalue weighted by atomic mass is 9.83. The predicted octanol–water partition coefficient (Wildman–Crippen LogP) is 2.21. The van der Waals surface area contributed by atoms with Crippen LogP contribution in [0.25, 0.3) is 0 Å². The molecule has 1 unspecified atom stereocenters. The summed E-state index contributed by atoms with van der Waals surface area (Å²) in [7, 11) is 0. The number of rotatable bonds is 2. The third-order valence-corrected chi connectivity index (χ3v) is 3.67. The second kappa shape index (κ2) is 4.86. The molecule has 92 valence electrons. The molecule has 0 saturated heterocycles. The smallest absolute Gasteiger partial charge is 0.131 e. The van der Waals surface area contributed by atoms with E-state index < -0.39 is 0 Å². The van der Waals surface area contributed by atoms with Gasteiger partial charge in [-0.25, -0.2) is 9.97 Å². The van der Waals surface area contributed by atoms with Crippen LogP contribution in [0.3, 0.4) is 0 Å². The number of hydrogen-bond acceptors (Lipinski definition) is 3. The summed E-state index contributed by atoms with van der Waals surface area (Å²) in [5.41, 5.74) is 9.48. The second-order valence-corrected chi connectivity index (χ2v) is 4.86. The number of aryl methyl sites for hydroxylation is 1. The summed E-state index contributed by atoms with van der Waals surface area (Å²) in [4.78, 5) is 8.91. The molecule has 0 aliphatic heterocycles. The minimum Gasteiger partial charge on any atom is -0.326 e. The molecule has 0 spiro atoms. The average molecular weight is 239 g/mol. The molecular weight excluding hydrogens is 222 g/mol. The molecule has 0 fully saturated rings. The van der Waals surface area contributed by atoms with Gasteiger partial charge in [0, 0.05) is 30.4 Å². The molecule has 0 saturated carbocycles. The van der Waals surface area contributed by atoms with Gasteiger partial charge in [-0.2, -0.15) is 0 Å². The van der Waals surface area contributed by atoms with E-state index in [0.29, 0.717) is 12.5 Å². The van der Waals surface area contributed by atoms with Gasteiger partial charge < -0.3 is 5.73 Å². The van der Waals surface area contributed by atoms with E-state index in [1.807, 2.05) is 12.4 Å². The lowest BCUT2D eigenvalue weighted by Gasteiger charge is -2.23. The highest BCUT2D eigenvalue weighted by atomic mass is 14.9. The van der Waals surface area contributed by atoms with Crippen LogP contribution in [0.4, 0.5) is 0 Å². The van der Waals surface area contributed by atoms with Gasteiger partial charge in [0.05, 0.1) is 0 Å². The standard InChI is InChI=1S/C15H17N3/c16-8-11-9-17-15(18-10-11)14-6-5-12-3-1-2-4-13(12)7-14/h1-4,9-10,14H,5-8,16H2. The molecule has 1 atom stereocenters. The van der Waals surface area contributed by atoms with E-state index in [9.17, 15) is 0 Å². The van der Waals surface area contributed by atoms with Crippen molar-refractivity contribution in [3.8, 4) is 0 Å². The maximum absolute atomic E-state index is 5.56. The minimum atomic E-state index is 0.451. The van der Waals surface area contributed by atoms with Gasteiger partial charge in [0.25, 0.3) is 0 Å². The molecule has 3 nitrogen and oxygen atoms in total. The summed E-state index contributed by atoms with van der Waals surface area (Å²) in [6, 6.07) is 8.67. The van der Waals surface area contributed by atoms with Crippen molar-refractivity contribution >= 4 is 0 Å². The van der Waals surface area contributed by atoms with Gasteiger partial charge in [-0.05, 0) is 30.4 Å². The number of hydrogen-bond donors (Lipinski definition) is 1. The van der Waals surface area contributed by atoms with Crippen molar-refractivity contribution in [3.05, 3.63) is 59.2 Å². The molecule has 3 heteroatoms. The zero-order chi connectivity index (χ0) is 12.4. The number of aromatic nitrogens is 2. The van der Waals surface area contributed by atoms with Crippen molar-refractivity contribution in [1.82, 2.24) is 9.97 Å². The lowest BCUT2D eigenvalue weighted by molar-refractivity contribution is 0.554.